The summed E-state index contributed by atoms with van der Waals surface area (Å²) in [4.78, 5) is 0. The molecular weight excluding hydrogens is 281 g/mol. The van der Waals surface area contributed by atoms with Crippen molar-refractivity contribution in [2.45, 2.75) is 0 Å². The van der Waals surface area contributed by atoms with E-state index in [1.165, 1.54) is 0 Å². The molecule has 0 amide bonds. The molecule has 2 nitrogen and oxygen atoms in total. The van der Waals surface area contributed by atoms with Gasteiger partial charge in [0.15, 0.2) is 0 Å². The number of halogens is 2. The molecule has 0 fully saturated rings. The molecule has 102 valence electrons. The van der Waals surface area contributed by atoms with Crippen molar-refractivity contribution in [2.75, 3.05) is 19.7 Å². The van der Waals surface area contributed by atoms with Crippen LogP contribution in [0.5, 0.6) is 5.75 Å². The molecule has 0 aliphatic heterocycles. The molecule has 4 heteroatoms. The summed E-state index contributed by atoms with van der Waals surface area (Å²) < 4.78 is 5.66. The van der Waals surface area contributed by atoms with Crippen molar-refractivity contribution in [3.8, 4) is 5.75 Å². The van der Waals surface area contributed by atoms with Gasteiger partial charge in [-0.05, 0) is 11.5 Å². The second-order valence-corrected chi connectivity index (χ2v) is 4.32. The molecule has 19 heavy (non-hydrogen) atoms. The van der Waals surface area contributed by atoms with Crippen molar-refractivity contribution in [3.63, 3.8) is 0 Å². The van der Waals surface area contributed by atoms with Gasteiger partial charge in [-0.25, -0.2) is 0 Å². The highest BCUT2D eigenvalue weighted by Crippen LogP contribution is 2.32. The molecule has 0 aliphatic carbocycles. The predicted molar refractivity (Wildman–Crippen MR) is 84.8 cm³/mol. The van der Waals surface area contributed by atoms with Gasteiger partial charge < -0.3 is 10.1 Å². The summed E-state index contributed by atoms with van der Waals surface area (Å²) in [5.41, 5.74) is 0. The third-order valence-electron chi connectivity index (χ3n) is 2.65. The second-order valence-electron chi connectivity index (χ2n) is 3.94. The van der Waals surface area contributed by atoms with E-state index in [2.05, 4.69) is 11.9 Å². The standard InChI is InChI=1S/C15H16ClNO.ClH/c1-2-9-17-10-11-18-14-8-7-12-5-3-4-6-13(12)15(14)16;/h2-8,17H,1,9-11H2;1H. The molecule has 2 aromatic rings. The van der Waals surface area contributed by atoms with Gasteiger partial charge in [-0.2, -0.15) is 0 Å². The van der Waals surface area contributed by atoms with E-state index in [1.807, 2.05) is 42.5 Å². The Morgan fingerprint density at radius 1 is 1.21 bits per heavy atom. The summed E-state index contributed by atoms with van der Waals surface area (Å²) in [6.07, 6.45) is 1.82. The van der Waals surface area contributed by atoms with Crippen LogP contribution in [0.1, 0.15) is 0 Å². The maximum atomic E-state index is 6.32. The predicted octanol–water partition coefficient (Wildman–Crippen LogP) is 4.07. The maximum absolute atomic E-state index is 6.32. The van der Waals surface area contributed by atoms with Crippen LogP contribution in [0.2, 0.25) is 5.02 Å². The third kappa shape index (κ3) is 4.13. The Bertz CT molecular complexity index is 543. The molecule has 1 N–H and O–H groups in total. The highest BCUT2D eigenvalue weighted by Gasteiger charge is 2.05. The van der Waals surface area contributed by atoms with E-state index in [0.29, 0.717) is 11.6 Å². The van der Waals surface area contributed by atoms with Gasteiger partial charge in [0, 0.05) is 18.5 Å². The average molecular weight is 298 g/mol. The van der Waals surface area contributed by atoms with Gasteiger partial charge in [0.05, 0.1) is 5.02 Å². The lowest BCUT2D eigenvalue weighted by Crippen LogP contribution is -2.20. The first-order valence-electron chi connectivity index (χ1n) is 5.94. The normalized spacial score (nSPS) is 9.95. The number of hydrogen-bond donors (Lipinski definition) is 1. The Hall–Kier alpha value is -1.22. The summed E-state index contributed by atoms with van der Waals surface area (Å²) >= 11 is 6.32. The number of fused-ring (bicyclic) bond motifs is 1. The van der Waals surface area contributed by atoms with E-state index in [0.717, 1.165) is 29.6 Å². The van der Waals surface area contributed by atoms with Crippen molar-refractivity contribution in [2.24, 2.45) is 0 Å². The van der Waals surface area contributed by atoms with E-state index in [-0.39, 0.29) is 12.4 Å². The van der Waals surface area contributed by atoms with Crippen molar-refractivity contribution in [1.82, 2.24) is 5.32 Å². The molecule has 0 aliphatic rings. The van der Waals surface area contributed by atoms with Gasteiger partial charge in [-0.3, -0.25) is 0 Å². The zero-order valence-electron chi connectivity index (χ0n) is 10.6. The fourth-order valence-corrected chi connectivity index (χ4v) is 2.05. The Morgan fingerprint density at radius 3 is 2.79 bits per heavy atom. The summed E-state index contributed by atoms with van der Waals surface area (Å²) in [7, 11) is 0. The number of hydrogen-bond acceptors (Lipinski definition) is 2. The highest BCUT2D eigenvalue weighted by atomic mass is 35.5. The number of nitrogens with one attached hydrogen (secondary N) is 1. The molecule has 0 spiro atoms. The molecule has 0 atom stereocenters. The van der Waals surface area contributed by atoms with Crippen molar-refractivity contribution in [1.29, 1.82) is 0 Å². The quantitative estimate of drug-likeness (QED) is 0.641. The number of rotatable bonds is 6. The molecular formula is C15H17Cl2NO. The van der Waals surface area contributed by atoms with Crippen molar-refractivity contribution < 1.29 is 4.74 Å². The molecule has 2 aromatic carbocycles. The largest absolute Gasteiger partial charge is 0.491 e. The van der Waals surface area contributed by atoms with Crippen LogP contribution in [-0.2, 0) is 0 Å². The topological polar surface area (TPSA) is 21.3 Å². The van der Waals surface area contributed by atoms with Gasteiger partial charge in [0.2, 0.25) is 0 Å². The minimum absolute atomic E-state index is 0. The van der Waals surface area contributed by atoms with Crippen LogP contribution in [0.25, 0.3) is 10.8 Å². The fourth-order valence-electron chi connectivity index (χ4n) is 1.76. The zero-order chi connectivity index (χ0) is 12.8. The number of ether oxygens (including phenoxy) is 1. The minimum Gasteiger partial charge on any atom is -0.491 e. The molecule has 0 aromatic heterocycles. The average Bonchev–Trinajstić information content (AvgIpc) is 2.41. The fraction of sp³-hybridized carbons (Fsp3) is 0.200. The number of benzene rings is 2. The third-order valence-corrected chi connectivity index (χ3v) is 3.04. The van der Waals surface area contributed by atoms with Crippen molar-refractivity contribution in [3.05, 3.63) is 54.1 Å². The monoisotopic (exact) mass is 297 g/mol. The Labute approximate surface area is 124 Å². The van der Waals surface area contributed by atoms with Gasteiger partial charge in [-0.15, -0.1) is 19.0 Å². The van der Waals surface area contributed by atoms with E-state index >= 15 is 0 Å². The second kappa shape index (κ2) is 8.05. The molecule has 0 unspecified atom stereocenters. The lowest BCUT2D eigenvalue weighted by Gasteiger charge is -2.10. The Morgan fingerprint density at radius 2 is 2.00 bits per heavy atom. The van der Waals surface area contributed by atoms with Gasteiger partial charge >= 0.3 is 0 Å². The van der Waals surface area contributed by atoms with Crippen LogP contribution in [0.4, 0.5) is 0 Å². The first-order valence-corrected chi connectivity index (χ1v) is 6.32. The summed E-state index contributed by atoms with van der Waals surface area (Å²) in [6.45, 7) is 5.79. The smallest absolute Gasteiger partial charge is 0.138 e. The summed E-state index contributed by atoms with van der Waals surface area (Å²) in [5.74, 6) is 0.732. The van der Waals surface area contributed by atoms with E-state index in [1.54, 1.807) is 0 Å². The van der Waals surface area contributed by atoms with Gasteiger partial charge in [0.1, 0.15) is 12.4 Å². The first kappa shape index (κ1) is 15.8. The molecule has 0 bridgehead atoms. The summed E-state index contributed by atoms with van der Waals surface area (Å²) in [6, 6.07) is 11.9. The Balaban J connectivity index is 0.00000180. The van der Waals surface area contributed by atoms with Crippen molar-refractivity contribution >= 4 is 34.8 Å². The van der Waals surface area contributed by atoms with Crippen LogP contribution >= 0.6 is 24.0 Å². The molecule has 0 radical (unpaired) electrons. The lowest BCUT2D eigenvalue weighted by atomic mass is 10.1. The van der Waals surface area contributed by atoms with Crippen LogP contribution in [0.15, 0.2) is 49.1 Å². The maximum Gasteiger partial charge on any atom is 0.138 e. The van der Waals surface area contributed by atoms with Crippen LogP contribution in [0.3, 0.4) is 0 Å². The highest BCUT2D eigenvalue weighted by molar-refractivity contribution is 6.37. The Kier molecular flexibility index (Phi) is 6.71. The zero-order valence-corrected chi connectivity index (χ0v) is 12.1. The van der Waals surface area contributed by atoms with Crippen LogP contribution < -0.4 is 10.1 Å². The van der Waals surface area contributed by atoms with E-state index in [4.69, 9.17) is 16.3 Å². The lowest BCUT2D eigenvalue weighted by molar-refractivity contribution is 0.317. The van der Waals surface area contributed by atoms with Crippen LogP contribution in [0, 0.1) is 0 Å². The van der Waals surface area contributed by atoms with Gasteiger partial charge in [0.25, 0.3) is 0 Å². The first-order chi connectivity index (χ1) is 8.83. The summed E-state index contributed by atoms with van der Waals surface area (Å²) in [5, 5.41) is 6.00. The molecule has 0 saturated carbocycles. The molecule has 2 rings (SSSR count). The SMILES string of the molecule is C=CCNCCOc1ccc2ccccc2c1Cl.Cl. The van der Waals surface area contributed by atoms with Gasteiger partial charge in [-0.1, -0.05) is 48.0 Å². The molecule has 0 heterocycles. The molecule has 0 saturated heterocycles. The van der Waals surface area contributed by atoms with Crippen LogP contribution in [-0.4, -0.2) is 19.7 Å². The van der Waals surface area contributed by atoms with E-state index in [9.17, 15) is 0 Å². The minimum atomic E-state index is 0. The van der Waals surface area contributed by atoms with E-state index < -0.39 is 0 Å².